The van der Waals surface area contributed by atoms with E-state index in [9.17, 15) is 9.59 Å². The van der Waals surface area contributed by atoms with Gasteiger partial charge in [0.15, 0.2) is 6.04 Å². The van der Waals surface area contributed by atoms with Gasteiger partial charge in [-0.05, 0) is 31.7 Å². The van der Waals surface area contributed by atoms with Crippen LogP contribution in [0.3, 0.4) is 0 Å². The normalized spacial score (nSPS) is 11.8. The van der Waals surface area contributed by atoms with Crippen molar-refractivity contribution in [3.05, 3.63) is 35.9 Å². The van der Waals surface area contributed by atoms with Crippen molar-refractivity contribution >= 4 is 11.9 Å². The number of likely N-dealkylation sites (N-methyl/N-ethyl adjacent to an activating group) is 1. The zero-order chi connectivity index (χ0) is 15.7. The third-order valence-corrected chi connectivity index (χ3v) is 3.23. The van der Waals surface area contributed by atoms with Crippen LogP contribution in [0.15, 0.2) is 30.3 Å². The molecule has 0 spiro atoms. The monoisotopic (exact) mass is 292 g/mol. The summed E-state index contributed by atoms with van der Waals surface area (Å²) in [6.45, 7) is 2.49. The number of carbonyl (C=O) groups excluding carboxylic acids is 2. The average molecular weight is 292 g/mol. The molecule has 5 heteroatoms. The first-order valence-electron chi connectivity index (χ1n) is 7.27. The molecule has 0 saturated carbocycles. The highest BCUT2D eigenvalue weighted by Gasteiger charge is 2.26. The van der Waals surface area contributed by atoms with Crippen molar-refractivity contribution in [2.75, 3.05) is 20.2 Å². The number of aryl methyl sites for hydroxylation is 1. The van der Waals surface area contributed by atoms with E-state index in [0.29, 0.717) is 6.54 Å². The Balaban J connectivity index is 2.28. The average Bonchev–Trinajstić information content (AvgIpc) is 2.51. The smallest absolute Gasteiger partial charge is 0.332 e. The maximum atomic E-state index is 11.9. The third-order valence-electron chi connectivity index (χ3n) is 3.23. The Labute approximate surface area is 126 Å². The van der Waals surface area contributed by atoms with Crippen LogP contribution in [0.4, 0.5) is 0 Å². The van der Waals surface area contributed by atoms with E-state index >= 15 is 0 Å². The van der Waals surface area contributed by atoms with Crippen LogP contribution in [0.25, 0.3) is 0 Å². The largest absolute Gasteiger partial charge is 0.464 e. The number of nitrogens with two attached hydrogens (primary N) is 1. The summed E-state index contributed by atoms with van der Waals surface area (Å²) in [6.07, 6.45) is 2.83. The van der Waals surface area contributed by atoms with Crippen LogP contribution in [0.2, 0.25) is 0 Å². The number of benzene rings is 1. The topological polar surface area (TPSA) is 72.6 Å². The standard InChI is InChI=1S/C16H24N2O3/c1-3-21-16(20)14(17)15(19)18(2)12-8-7-11-13-9-5-4-6-10-13/h4-6,9-10,14H,3,7-8,11-12,17H2,1-2H3. The zero-order valence-electron chi connectivity index (χ0n) is 12.7. The summed E-state index contributed by atoms with van der Waals surface area (Å²) < 4.78 is 4.75. The van der Waals surface area contributed by atoms with Gasteiger partial charge >= 0.3 is 5.97 Å². The lowest BCUT2D eigenvalue weighted by atomic mass is 10.1. The van der Waals surface area contributed by atoms with E-state index in [1.165, 1.54) is 10.5 Å². The van der Waals surface area contributed by atoms with Gasteiger partial charge in [-0.3, -0.25) is 4.79 Å². The molecule has 21 heavy (non-hydrogen) atoms. The van der Waals surface area contributed by atoms with Crippen molar-refractivity contribution in [1.29, 1.82) is 0 Å². The maximum Gasteiger partial charge on any atom is 0.332 e. The van der Waals surface area contributed by atoms with Gasteiger partial charge in [-0.25, -0.2) is 4.79 Å². The van der Waals surface area contributed by atoms with Crippen LogP contribution in [0, 0.1) is 0 Å². The third kappa shape index (κ3) is 5.95. The number of esters is 1. The first-order valence-corrected chi connectivity index (χ1v) is 7.27. The SMILES string of the molecule is CCOC(=O)C(N)C(=O)N(C)CCCCc1ccccc1. The number of rotatable bonds is 8. The van der Waals surface area contributed by atoms with Gasteiger partial charge in [0.25, 0.3) is 5.91 Å². The van der Waals surface area contributed by atoms with Crippen molar-refractivity contribution in [1.82, 2.24) is 4.90 Å². The maximum absolute atomic E-state index is 11.9. The van der Waals surface area contributed by atoms with E-state index in [2.05, 4.69) is 12.1 Å². The molecule has 0 heterocycles. The van der Waals surface area contributed by atoms with Gasteiger partial charge in [-0.1, -0.05) is 30.3 Å². The van der Waals surface area contributed by atoms with E-state index in [1.54, 1.807) is 14.0 Å². The first-order chi connectivity index (χ1) is 10.1. The molecule has 0 aliphatic rings. The molecule has 1 amide bonds. The fourth-order valence-corrected chi connectivity index (χ4v) is 2.00. The van der Waals surface area contributed by atoms with Crippen molar-refractivity contribution in [2.45, 2.75) is 32.2 Å². The summed E-state index contributed by atoms with van der Waals surface area (Å²) in [7, 11) is 1.66. The molecule has 0 aromatic heterocycles. The summed E-state index contributed by atoms with van der Waals surface area (Å²) >= 11 is 0. The minimum absolute atomic E-state index is 0.223. The van der Waals surface area contributed by atoms with Crippen LogP contribution in [0.1, 0.15) is 25.3 Å². The fraction of sp³-hybridized carbons (Fsp3) is 0.500. The number of amides is 1. The fourth-order valence-electron chi connectivity index (χ4n) is 2.00. The molecule has 1 aromatic carbocycles. The predicted molar refractivity (Wildman–Crippen MR) is 81.6 cm³/mol. The van der Waals surface area contributed by atoms with E-state index < -0.39 is 17.9 Å². The van der Waals surface area contributed by atoms with Crippen LogP contribution in [-0.2, 0) is 20.7 Å². The van der Waals surface area contributed by atoms with Gasteiger partial charge in [-0.15, -0.1) is 0 Å². The number of hydrogen-bond donors (Lipinski definition) is 1. The molecular weight excluding hydrogens is 268 g/mol. The highest BCUT2D eigenvalue weighted by atomic mass is 16.5. The molecule has 2 N–H and O–H groups in total. The molecule has 1 rings (SSSR count). The van der Waals surface area contributed by atoms with Crippen LogP contribution in [0.5, 0.6) is 0 Å². The molecule has 5 nitrogen and oxygen atoms in total. The molecule has 0 aliphatic carbocycles. The molecule has 1 atom stereocenters. The Morgan fingerprint density at radius 2 is 1.90 bits per heavy atom. The highest BCUT2D eigenvalue weighted by Crippen LogP contribution is 2.05. The molecule has 116 valence electrons. The van der Waals surface area contributed by atoms with E-state index in [4.69, 9.17) is 10.5 Å². The van der Waals surface area contributed by atoms with Crippen LogP contribution >= 0.6 is 0 Å². The summed E-state index contributed by atoms with van der Waals surface area (Å²) in [5.41, 5.74) is 6.86. The minimum atomic E-state index is -1.22. The zero-order valence-corrected chi connectivity index (χ0v) is 12.7. The second-order valence-corrected chi connectivity index (χ2v) is 4.93. The molecule has 0 fully saturated rings. The van der Waals surface area contributed by atoms with Crippen LogP contribution < -0.4 is 5.73 Å². The second-order valence-electron chi connectivity index (χ2n) is 4.93. The summed E-state index contributed by atoms with van der Waals surface area (Å²) in [5, 5.41) is 0. The molecule has 0 bridgehead atoms. The molecular formula is C16H24N2O3. The summed E-state index contributed by atoms with van der Waals surface area (Å²) in [5.74, 6) is -1.06. The van der Waals surface area contributed by atoms with E-state index in [0.717, 1.165) is 19.3 Å². The van der Waals surface area contributed by atoms with Gasteiger partial charge in [0.1, 0.15) is 0 Å². The molecule has 1 unspecified atom stereocenters. The highest BCUT2D eigenvalue weighted by molar-refractivity contribution is 6.01. The lowest BCUT2D eigenvalue weighted by molar-refractivity contribution is -0.150. The minimum Gasteiger partial charge on any atom is -0.464 e. The van der Waals surface area contributed by atoms with Gasteiger partial charge in [-0.2, -0.15) is 0 Å². The van der Waals surface area contributed by atoms with Gasteiger partial charge in [0.2, 0.25) is 0 Å². The van der Waals surface area contributed by atoms with Gasteiger partial charge < -0.3 is 15.4 Å². The quantitative estimate of drug-likeness (QED) is 0.446. The van der Waals surface area contributed by atoms with Gasteiger partial charge in [0, 0.05) is 13.6 Å². The molecule has 1 aromatic rings. The predicted octanol–water partition coefficient (Wildman–Crippen LogP) is 1.36. The lowest BCUT2D eigenvalue weighted by Crippen LogP contribution is -2.47. The van der Waals surface area contributed by atoms with Gasteiger partial charge in [0.05, 0.1) is 6.61 Å². The Kier molecular flexibility index (Phi) is 7.46. The van der Waals surface area contributed by atoms with Crippen LogP contribution in [-0.4, -0.2) is 43.0 Å². The lowest BCUT2D eigenvalue weighted by Gasteiger charge is -2.20. The molecule has 0 saturated heterocycles. The summed E-state index contributed by atoms with van der Waals surface area (Å²) in [4.78, 5) is 24.8. The Hall–Kier alpha value is -1.88. The number of carbonyl (C=O) groups is 2. The first kappa shape index (κ1) is 17.2. The molecule has 0 radical (unpaired) electrons. The van der Waals surface area contributed by atoms with Crippen molar-refractivity contribution in [3.63, 3.8) is 0 Å². The Morgan fingerprint density at radius 1 is 1.24 bits per heavy atom. The van der Waals surface area contributed by atoms with E-state index in [1.807, 2.05) is 18.2 Å². The number of hydrogen-bond acceptors (Lipinski definition) is 4. The van der Waals surface area contributed by atoms with Crippen molar-refractivity contribution in [3.8, 4) is 0 Å². The number of ether oxygens (including phenoxy) is 1. The van der Waals surface area contributed by atoms with E-state index in [-0.39, 0.29) is 6.61 Å². The Morgan fingerprint density at radius 3 is 2.52 bits per heavy atom. The Bertz CT molecular complexity index is 448. The number of nitrogens with zero attached hydrogens (tertiary/aromatic N) is 1. The number of unbranched alkanes of at least 4 members (excludes halogenated alkanes) is 1. The van der Waals surface area contributed by atoms with Crippen molar-refractivity contribution < 1.29 is 14.3 Å². The summed E-state index contributed by atoms with van der Waals surface area (Å²) in [6, 6.07) is 8.99. The van der Waals surface area contributed by atoms with Crippen molar-refractivity contribution in [2.24, 2.45) is 5.73 Å². The second kappa shape index (κ2) is 9.13. The molecule has 0 aliphatic heterocycles.